The SMILES string of the molecule is O=C1CN(C2C(O)CC3CCC(NCCC(C(F)(F)F)C(F)(F)F)CC3C2F)S(=O)(=O)N1. The number of amides is 1. The van der Waals surface area contributed by atoms with Crippen LogP contribution < -0.4 is 10.0 Å². The summed E-state index contributed by atoms with van der Waals surface area (Å²) in [5, 5.41) is 13.0. The smallest absolute Gasteiger partial charge is 0.391 e. The molecule has 3 fully saturated rings. The Labute approximate surface area is 179 Å². The molecule has 3 rings (SSSR count). The van der Waals surface area contributed by atoms with Crippen LogP contribution >= 0.6 is 0 Å². The second kappa shape index (κ2) is 8.87. The van der Waals surface area contributed by atoms with E-state index in [-0.39, 0.29) is 18.8 Å². The number of nitrogens with zero attached hydrogens (tertiary/aromatic N) is 1. The molecule has 0 radical (unpaired) electrons. The molecule has 2 aliphatic carbocycles. The lowest BCUT2D eigenvalue weighted by Gasteiger charge is -2.48. The summed E-state index contributed by atoms with van der Waals surface area (Å²) in [6.07, 6.45) is -14.4. The monoisotopic (exact) mass is 499 g/mol. The van der Waals surface area contributed by atoms with Crippen molar-refractivity contribution in [3.63, 3.8) is 0 Å². The van der Waals surface area contributed by atoms with Crippen LogP contribution in [0.5, 0.6) is 0 Å². The summed E-state index contributed by atoms with van der Waals surface area (Å²) < 4.78 is 118. The molecule has 1 aliphatic heterocycles. The summed E-state index contributed by atoms with van der Waals surface area (Å²) in [6.45, 7) is -1.21. The molecule has 1 heterocycles. The molecule has 6 unspecified atom stereocenters. The predicted molar refractivity (Wildman–Crippen MR) is 95.9 cm³/mol. The number of carbonyl (C=O) groups excluding carboxylic acids is 1. The third-order valence-electron chi connectivity index (χ3n) is 6.56. The average molecular weight is 499 g/mol. The lowest BCUT2D eigenvalue weighted by atomic mass is 9.66. The molecule has 0 spiro atoms. The molecule has 0 aromatic rings. The number of rotatable bonds is 5. The van der Waals surface area contributed by atoms with Crippen molar-refractivity contribution in [1.29, 1.82) is 0 Å². The van der Waals surface area contributed by atoms with Crippen molar-refractivity contribution in [3.05, 3.63) is 0 Å². The van der Waals surface area contributed by atoms with Gasteiger partial charge in [0.2, 0.25) is 5.91 Å². The quantitative estimate of drug-likeness (QED) is 0.500. The van der Waals surface area contributed by atoms with Gasteiger partial charge in [-0.05, 0) is 50.5 Å². The molecule has 7 nitrogen and oxygen atoms in total. The van der Waals surface area contributed by atoms with E-state index in [0.29, 0.717) is 17.1 Å². The Kier molecular flexibility index (Phi) is 7.05. The molecule has 2 saturated carbocycles. The van der Waals surface area contributed by atoms with Gasteiger partial charge in [0.25, 0.3) is 0 Å². The van der Waals surface area contributed by atoms with Gasteiger partial charge in [-0.25, -0.2) is 9.11 Å². The molecule has 0 aromatic heterocycles. The van der Waals surface area contributed by atoms with Crippen LogP contribution in [0.25, 0.3) is 0 Å². The minimum absolute atomic E-state index is 0.0625. The van der Waals surface area contributed by atoms with Gasteiger partial charge in [0.15, 0.2) is 5.92 Å². The summed E-state index contributed by atoms with van der Waals surface area (Å²) in [4.78, 5) is 11.5. The minimum Gasteiger partial charge on any atom is -0.391 e. The van der Waals surface area contributed by atoms with E-state index in [4.69, 9.17) is 0 Å². The fraction of sp³-hybridized carbons (Fsp3) is 0.941. The average Bonchev–Trinajstić information content (AvgIpc) is 2.89. The molecule has 6 atom stereocenters. The third-order valence-corrected chi connectivity index (χ3v) is 8.04. The van der Waals surface area contributed by atoms with Gasteiger partial charge in [-0.2, -0.15) is 39.1 Å². The van der Waals surface area contributed by atoms with Crippen LogP contribution in [-0.2, 0) is 15.0 Å². The molecule has 0 bridgehead atoms. The van der Waals surface area contributed by atoms with Crippen LogP contribution in [0.2, 0.25) is 0 Å². The Morgan fingerprint density at radius 3 is 2.28 bits per heavy atom. The molecular weight excluding hydrogens is 475 g/mol. The first-order valence-corrected chi connectivity index (χ1v) is 11.6. The molecule has 3 aliphatic rings. The lowest BCUT2D eigenvalue weighted by molar-refractivity contribution is -0.285. The third kappa shape index (κ3) is 5.30. The van der Waals surface area contributed by atoms with E-state index in [1.54, 1.807) is 4.72 Å². The highest BCUT2D eigenvalue weighted by atomic mass is 32.2. The minimum atomic E-state index is -5.43. The highest BCUT2D eigenvalue weighted by molar-refractivity contribution is 7.88. The number of nitrogens with one attached hydrogen (secondary N) is 2. The molecule has 1 amide bonds. The zero-order valence-electron chi connectivity index (χ0n) is 16.7. The number of fused-ring (bicyclic) bond motifs is 1. The number of carbonyl (C=O) groups is 1. The Hall–Kier alpha value is -1.19. The summed E-state index contributed by atoms with van der Waals surface area (Å²) in [7, 11) is -4.30. The second-order valence-electron chi connectivity index (χ2n) is 8.63. The second-order valence-corrected chi connectivity index (χ2v) is 10.2. The van der Waals surface area contributed by atoms with E-state index in [2.05, 4.69) is 5.32 Å². The first-order valence-electron chi connectivity index (χ1n) is 10.1. The molecule has 3 N–H and O–H groups in total. The van der Waals surface area contributed by atoms with E-state index < -0.39 is 84.2 Å². The van der Waals surface area contributed by atoms with E-state index in [9.17, 15) is 44.7 Å². The number of halogens is 7. The molecule has 32 heavy (non-hydrogen) atoms. The summed E-state index contributed by atoms with van der Waals surface area (Å²) in [5.74, 6) is -5.41. The maximum absolute atomic E-state index is 15.4. The zero-order valence-corrected chi connectivity index (χ0v) is 17.5. The molecule has 186 valence electrons. The van der Waals surface area contributed by atoms with Crippen molar-refractivity contribution in [2.75, 3.05) is 13.1 Å². The van der Waals surface area contributed by atoms with Gasteiger partial charge in [0, 0.05) is 6.04 Å². The number of hydrogen-bond donors (Lipinski definition) is 3. The van der Waals surface area contributed by atoms with Crippen molar-refractivity contribution in [2.45, 2.75) is 68.8 Å². The van der Waals surface area contributed by atoms with Crippen molar-refractivity contribution in [3.8, 4) is 0 Å². The topological polar surface area (TPSA) is 98.7 Å². The maximum atomic E-state index is 15.4. The van der Waals surface area contributed by atoms with Crippen molar-refractivity contribution in [1.82, 2.24) is 14.3 Å². The Morgan fingerprint density at radius 2 is 1.75 bits per heavy atom. The first kappa shape index (κ1) is 25.4. The Balaban J connectivity index is 1.63. The van der Waals surface area contributed by atoms with Gasteiger partial charge in [0.1, 0.15) is 6.17 Å². The highest BCUT2D eigenvalue weighted by Gasteiger charge is 2.56. The zero-order chi connectivity index (χ0) is 24.1. The molecule has 1 saturated heterocycles. The van der Waals surface area contributed by atoms with E-state index in [1.165, 1.54) is 0 Å². The largest absolute Gasteiger partial charge is 0.400 e. The van der Waals surface area contributed by atoms with Crippen LogP contribution in [0, 0.1) is 17.8 Å². The van der Waals surface area contributed by atoms with E-state index in [0.717, 1.165) is 0 Å². The van der Waals surface area contributed by atoms with Gasteiger partial charge in [0.05, 0.1) is 18.7 Å². The number of hydrogen-bond acceptors (Lipinski definition) is 5. The Bertz CT molecular complexity index is 793. The molecular formula is C17H24F7N3O4S. The fourth-order valence-electron chi connectivity index (χ4n) is 5.07. The number of aliphatic hydroxyl groups excluding tert-OH is 1. The van der Waals surface area contributed by atoms with Crippen LogP contribution in [0.1, 0.15) is 32.1 Å². The van der Waals surface area contributed by atoms with Crippen LogP contribution in [0.3, 0.4) is 0 Å². The van der Waals surface area contributed by atoms with Gasteiger partial charge in [-0.3, -0.25) is 4.79 Å². The van der Waals surface area contributed by atoms with Gasteiger partial charge in [-0.1, -0.05) is 0 Å². The summed E-state index contributed by atoms with van der Waals surface area (Å²) >= 11 is 0. The highest BCUT2D eigenvalue weighted by Crippen LogP contribution is 2.45. The normalized spacial score (nSPS) is 36.2. The van der Waals surface area contributed by atoms with Crippen LogP contribution in [0.15, 0.2) is 0 Å². The van der Waals surface area contributed by atoms with Crippen molar-refractivity contribution >= 4 is 16.1 Å². The number of alkyl halides is 7. The van der Waals surface area contributed by atoms with Gasteiger partial charge < -0.3 is 10.4 Å². The van der Waals surface area contributed by atoms with Crippen molar-refractivity contribution < 1.29 is 49.1 Å². The maximum Gasteiger partial charge on any atom is 0.400 e. The summed E-state index contributed by atoms with van der Waals surface area (Å²) in [5.41, 5.74) is 0. The molecule has 0 aromatic carbocycles. The summed E-state index contributed by atoms with van der Waals surface area (Å²) in [6, 6.07) is -2.05. The van der Waals surface area contributed by atoms with E-state index >= 15 is 4.39 Å². The van der Waals surface area contributed by atoms with E-state index in [1.807, 2.05) is 0 Å². The van der Waals surface area contributed by atoms with Crippen LogP contribution in [-0.4, -0.2) is 73.5 Å². The first-order chi connectivity index (χ1) is 14.6. The Morgan fingerprint density at radius 1 is 1.12 bits per heavy atom. The van der Waals surface area contributed by atoms with Crippen LogP contribution in [0.4, 0.5) is 30.7 Å². The van der Waals surface area contributed by atoms with Crippen molar-refractivity contribution in [2.24, 2.45) is 17.8 Å². The van der Waals surface area contributed by atoms with Gasteiger partial charge in [-0.15, -0.1) is 0 Å². The standard InChI is InChI=1S/C17H24F7N3O4S/c18-14-10-6-9(25-4-3-12(16(19,20)21)17(22,23)24)2-1-8(10)5-11(28)15(14)27-7-13(29)26-32(27,30)31/h8-12,14-15,25,28H,1-7H2,(H,26,29). The lowest BCUT2D eigenvalue weighted by Crippen LogP contribution is -2.59. The fourth-order valence-corrected chi connectivity index (χ4v) is 6.41. The van der Waals surface area contributed by atoms with Gasteiger partial charge >= 0.3 is 22.6 Å². The molecule has 15 heteroatoms. The predicted octanol–water partition coefficient (Wildman–Crippen LogP) is 1.64. The number of aliphatic hydroxyl groups is 1.